The van der Waals surface area contributed by atoms with E-state index in [0.717, 1.165) is 0 Å². The minimum atomic E-state index is -4.79. The lowest BCUT2D eigenvalue weighted by Crippen LogP contribution is -2.24. The molecule has 3 aromatic rings. The van der Waals surface area contributed by atoms with E-state index in [1.807, 2.05) is 0 Å². The number of carbonyl (C=O) groups excluding carboxylic acids is 1. The number of nitrogens with one attached hydrogen (secondary N) is 1. The Balaban J connectivity index is 1.80. The number of benzene rings is 2. The smallest absolute Gasteiger partial charge is 0.435 e. The summed E-state index contributed by atoms with van der Waals surface area (Å²) in [5.41, 5.74) is -0.0774. The van der Waals surface area contributed by atoms with E-state index >= 15 is 0 Å². The molecule has 0 aliphatic carbocycles. The Morgan fingerprint density at radius 3 is 2.40 bits per heavy atom. The predicted octanol–water partition coefficient (Wildman–Crippen LogP) is 4.21. The molecule has 154 valence electrons. The Kier molecular flexibility index (Phi) is 6.28. The maximum Gasteiger partial charge on any atom is 0.435 e. The first-order valence-corrected chi connectivity index (χ1v) is 9.38. The van der Waals surface area contributed by atoms with Crippen molar-refractivity contribution in [1.82, 2.24) is 10.3 Å². The fourth-order valence-corrected chi connectivity index (χ4v) is 3.25. The molecule has 0 fully saturated rings. The first kappa shape index (κ1) is 21.2. The van der Waals surface area contributed by atoms with Crippen molar-refractivity contribution in [3.8, 4) is 23.3 Å². The van der Waals surface area contributed by atoms with Gasteiger partial charge in [-0.3, -0.25) is 4.79 Å². The summed E-state index contributed by atoms with van der Waals surface area (Å²) in [4.78, 5) is 15.3. The van der Waals surface area contributed by atoms with Gasteiger partial charge in [-0.05, 0) is 47.9 Å². The van der Waals surface area contributed by atoms with Crippen LogP contribution in [0.5, 0.6) is 11.5 Å². The highest BCUT2D eigenvalue weighted by atomic mass is 32.1. The van der Waals surface area contributed by atoms with Gasteiger partial charge in [0.15, 0.2) is 10.7 Å². The molecule has 0 saturated heterocycles. The molecule has 0 spiro atoms. The number of aromatic hydroxyl groups is 1. The molecule has 0 saturated carbocycles. The summed E-state index contributed by atoms with van der Waals surface area (Å²) in [6.45, 7) is 0.0482. The maximum atomic E-state index is 13.4. The number of hydrogen-bond donors (Lipinski definition) is 2. The van der Waals surface area contributed by atoms with E-state index in [1.165, 1.54) is 31.4 Å². The van der Waals surface area contributed by atoms with E-state index in [4.69, 9.17) is 4.74 Å². The summed E-state index contributed by atoms with van der Waals surface area (Å²) in [5, 5.41) is 11.6. The van der Waals surface area contributed by atoms with E-state index in [-0.39, 0.29) is 17.3 Å². The maximum absolute atomic E-state index is 13.4. The van der Waals surface area contributed by atoms with E-state index in [2.05, 4.69) is 22.1 Å². The fourth-order valence-electron chi connectivity index (χ4n) is 2.40. The summed E-state index contributed by atoms with van der Waals surface area (Å²) in [6, 6.07) is 12.6. The van der Waals surface area contributed by atoms with Gasteiger partial charge >= 0.3 is 6.18 Å². The van der Waals surface area contributed by atoms with E-state index < -0.39 is 22.7 Å². The summed E-state index contributed by atoms with van der Waals surface area (Å²) in [6.07, 6.45) is -4.79. The number of alkyl halides is 3. The monoisotopic (exact) mass is 432 g/mol. The van der Waals surface area contributed by atoms with Gasteiger partial charge in [0.25, 0.3) is 5.91 Å². The number of rotatable bonds is 4. The zero-order chi connectivity index (χ0) is 21.7. The third-order valence-electron chi connectivity index (χ3n) is 3.90. The third kappa shape index (κ3) is 5.30. The molecule has 2 N–H and O–H groups in total. The van der Waals surface area contributed by atoms with Gasteiger partial charge in [-0.2, -0.15) is 13.2 Å². The highest BCUT2D eigenvalue weighted by Crippen LogP contribution is 2.34. The highest BCUT2D eigenvalue weighted by Gasteiger charge is 2.39. The van der Waals surface area contributed by atoms with Crippen LogP contribution in [-0.2, 0) is 12.7 Å². The molecule has 0 radical (unpaired) electrons. The Bertz CT molecular complexity index is 1100. The molecule has 0 unspecified atom stereocenters. The van der Waals surface area contributed by atoms with E-state index in [9.17, 15) is 23.1 Å². The molecule has 1 amide bonds. The number of amides is 1. The van der Waals surface area contributed by atoms with Crippen molar-refractivity contribution in [2.75, 3.05) is 7.11 Å². The number of phenols is 1. The number of thiazole rings is 1. The van der Waals surface area contributed by atoms with Gasteiger partial charge < -0.3 is 15.2 Å². The van der Waals surface area contributed by atoms with Crippen molar-refractivity contribution in [2.24, 2.45) is 0 Å². The molecule has 1 aromatic heterocycles. The molecule has 2 aromatic carbocycles. The van der Waals surface area contributed by atoms with Crippen LogP contribution in [-0.4, -0.2) is 23.1 Å². The lowest BCUT2D eigenvalue weighted by molar-refractivity contribution is -0.141. The van der Waals surface area contributed by atoms with Gasteiger partial charge in [0.05, 0.1) is 7.11 Å². The van der Waals surface area contributed by atoms with Crippen LogP contribution in [0.25, 0.3) is 0 Å². The van der Waals surface area contributed by atoms with Gasteiger partial charge in [0.1, 0.15) is 16.4 Å². The molecule has 9 heteroatoms. The van der Waals surface area contributed by atoms with E-state index in [1.54, 1.807) is 24.3 Å². The number of nitrogens with zero attached hydrogens (tertiary/aromatic N) is 1. The standard InChI is InChI=1S/C21H15F3N2O3S/c1-29-16-9-4-14(5-10-16)12-25-20(28)18-19(21(22,23)24)26-17(30-18)11-6-13-2-7-15(27)8-3-13/h2-5,7-10,27H,12H2,1H3,(H,25,28). The number of aromatic nitrogens is 1. The quantitative estimate of drug-likeness (QED) is 0.606. The highest BCUT2D eigenvalue weighted by molar-refractivity contribution is 7.14. The number of hydrogen-bond acceptors (Lipinski definition) is 5. The van der Waals surface area contributed by atoms with Gasteiger partial charge in [-0.1, -0.05) is 29.4 Å². The zero-order valence-electron chi connectivity index (χ0n) is 15.6. The van der Waals surface area contributed by atoms with Crippen LogP contribution in [0.3, 0.4) is 0 Å². The number of methoxy groups -OCH3 is 1. The normalized spacial score (nSPS) is 10.8. The van der Waals surface area contributed by atoms with Gasteiger partial charge in [-0.15, -0.1) is 0 Å². The number of carbonyl (C=O) groups is 1. The largest absolute Gasteiger partial charge is 0.508 e. The minimum Gasteiger partial charge on any atom is -0.508 e. The first-order chi connectivity index (χ1) is 14.3. The molecular formula is C21H15F3N2O3S. The Morgan fingerprint density at radius 2 is 1.80 bits per heavy atom. The van der Waals surface area contributed by atoms with Crippen LogP contribution in [0.1, 0.15) is 31.5 Å². The van der Waals surface area contributed by atoms with Crippen LogP contribution in [0.2, 0.25) is 0 Å². The molecule has 0 aliphatic rings. The van der Waals surface area contributed by atoms with Crippen molar-refractivity contribution >= 4 is 17.2 Å². The average molecular weight is 432 g/mol. The summed E-state index contributed by atoms with van der Waals surface area (Å²) < 4.78 is 45.1. The average Bonchev–Trinajstić information content (AvgIpc) is 3.17. The van der Waals surface area contributed by atoms with Crippen molar-refractivity contribution in [3.05, 3.63) is 75.2 Å². The molecule has 3 rings (SSSR count). The van der Waals surface area contributed by atoms with Crippen LogP contribution >= 0.6 is 11.3 Å². The lowest BCUT2D eigenvalue weighted by atomic mass is 10.2. The van der Waals surface area contributed by atoms with Crippen molar-refractivity contribution < 1.29 is 27.8 Å². The summed E-state index contributed by atoms with van der Waals surface area (Å²) in [7, 11) is 1.52. The van der Waals surface area contributed by atoms with Crippen molar-refractivity contribution in [1.29, 1.82) is 0 Å². The fraction of sp³-hybridized carbons (Fsp3) is 0.143. The Morgan fingerprint density at radius 1 is 1.13 bits per heavy atom. The second-order valence-electron chi connectivity index (χ2n) is 6.02. The summed E-state index contributed by atoms with van der Waals surface area (Å²) >= 11 is 0.572. The predicted molar refractivity (Wildman–Crippen MR) is 105 cm³/mol. The van der Waals surface area contributed by atoms with Crippen LogP contribution in [0.15, 0.2) is 48.5 Å². The topological polar surface area (TPSA) is 71.5 Å². The minimum absolute atomic E-state index is 0.0463. The SMILES string of the molecule is COc1ccc(CNC(=O)c2sc(C#Cc3ccc(O)cc3)nc2C(F)(F)F)cc1. The van der Waals surface area contributed by atoms with Crippen LogP contribution < -0.4 is 10.1 Å². The Labute approximate surface area is 174 Å². The van der Waals surface area contributed by atoms with Crippen molar-refractivity contribution in [3.63, 3.8) is 0 Å². The number of ether oxygens (including phenoxy) is 1. The van der Waals surface area contributed by atoms with Crippen LogP contribution in [0.4, 0.5) is 13.2 Å². The van der Waals surface area contributed by atoms with Crippen LogP contribution in [0, 0.1) is 11.8 Å². The molecular weight excluding hydrogens is 417 g/mol. The molecule has 0 bridgehead atoms. The lowest BCUT2D eigenvalue weighted by Gasteiger charge is -2.08. The molecule has 0 atom stereocenters. The molecule has 30 heavy (non-hydrogen) atoms. The number of halogens is 3. The second-order valence-corrected chi connectivity index (χ2v) is 7.02. The number of phenolic OH excluding ortho intramolecular Hbond substituents is 1. The van der Waals surface area contributed by atoms with Gasteiger partial charge in [-0.25, -0.2) is 4.98 Å². The van der Waals surface area contributed by atoms with E-state index in [0.29, 0.717) is 28.2 Å². The first-order valence-electron chi connectivity index (χ1n) is 8.56. The van der Waals surface area contributed by atoms with Crippen molar-refractivity contribution in [2.45, 2.75) is 12.7 Å². The van der Waals surface area contributed by atoms with Gasteiger partial charge in [0, 0.05) is 12.1 Å². The molecule has 0 aliphatic heterocycles. The second kappa shape index (κ2) is 8.88. The Hall–Kier alpha value is -3.51. The zero-order valence-corrected chi connectivity index (χ0v) is 16.4. The molecule has 1 heterocycles. The third-order valence-corrected chi connectivity index (χ3v) is 4.86. The summed E-state index contributed by atoms with van der Waals surface area (Å²) in [5.74, 6) is 4.99. The molecule has 5 nitrogen and oxygen atoms in total. The van der Waals surface area contributed by atoms with Gasteiger partial charge in [0.2, 0.25) is 0 Å².